The van der Waals surface area contributed by atoms with Crippen molar-refractivity contribution in [1.82, 2.24) is 5.43 Å². The summed E-state index contributed by atoms with van der Waals surface area (Å²) in [6.45, 7) is 0. The number of hydrogen-bond acceptors (Lipinski definition) is 3. The van der Waals surface area contributed by atoms with Crippen LogP contribution in [-0.2, 0) is 0 Å². The summed E-state index contributed by atoms with van der Waals surface area (Å²) in [6.07, 6.45) is 0.542. The molecule has 1 aliphatic rings. The Balaban J connectivity index is 1.86. The van der Waals surface area contributed by atoms with Gasteiger partial charge in [0.05, 0.1) is 11.8 Å². The number of benzene rings is 2. The fourth-order valence-corrected chi connectivity index (χ4v) is 2.55. The normalized spacial score (nSPS) is 17.7. The van der Waals surface area contributed by atoms with Gasteiger partial charge in [-0.2, -0.15) is 5.10 Å². The van der Waals surface area contributed by atoms with Crippen LogP contribution in [0.4, 0.5) is 4.39 Å². The third kappa shape index (κ3) is 2.34. The number of nitrogens with one attached hydrogen (secondary N) is 1. The van der Waals surface area contributed by atoms with E-state index in [0.29, 0.717) is 22.7 Å². The Morgan fingerprint density at radius 1 is 1.25 bits per heavy atom. The van der Waals surface area contributed by atoms with Crippen LogP contribution in [-0.4, -0.2) is 10.8 Å². The van der Waals surface area contributed by atoms with Crippen LogP contribution in [0.25, 0.3) is 0 Å². The molecule has 0 fully saturated rings. The van der Waals surface area contributed by atoms with Gasteiger partial charge < -0.3 is 10.5 Å². The highest BCUT2D eigenvalue weighted by Crippen LogP contribution is 2.31. The molecule has 0 aliphatic carbocycles. The molecule has 0 aromatic heterocycles. The number of hydrazone groups is 1. The number of rotatable bonds is 2. The molecule has 5 heteroatoms. The minimum Gasteiger partial charge on any atom is -0.507 e. The van der Waals surface area contributed by atoms with Crippen molar-refractivity contribution >= 4 is 17.3 Å². The first kappa shape index (κ1) is 12.9. The van der Waals surface area contributed by atoms with Crippen molar-refractivity contribution in [1.29, 1.82) is 0 Å². The molecule has 1 atom stereocenters. The van der Waals surface area contributed by atoms with E-state index in [-0.39, 0.29) is 11.8 Å². The summed E-state index contributed by atoms with van der Waals surface area (Å²) in [5.74, 6) is -0.381. The maximum absolute atomic E-state index is 13.3. The average molecular weight is 291 g/mol. The van der Waals surface area contributed by atoms with Crippen molar-refractivity contribution in [3.8, 4) is 5.75 Å². The van der Waals surface area contributed by atoms with Crippen LogP contribution in [0, 0.1) is 5.82 Å². The van der Waals surface area contributed by atoms with E-state index in [0.717, 1.165) is 5.56 Å². The zero-order chi connectivity index (χ0) is 14.1. The van der Waals surface area contributed by atoms with Crippen molar-refractivity contribution < 1.29 is 9.50 Å². The summed E-state index contributed by atoms with van der Waals surface area (Å²) in [5, 5.41) is 14.7. The number of phenols is 1. The second kappa shape index (κ2) is 5.13. The van der Waals surface area contributed by atoms with Crippen LogP contribution in [0.2, 0.25) is 5.02 Å². The van der Waals surface area contributed by atoms with E-state index in [4.69, 9.17) is 11.6 Å². The molecule has 2 N–H and O–H groups in total. The molecule has 0 amide bonds. The molecule has 0 radical (unpaired) electrons. The monoisotopic (exact) mass is 290 g/mol. The van der Waals surface area contributed by atoms with Crippen molar-refractivity contribution in [2.75, 3.05) is 0 Å². The van der Waals surface area contributed by atoms with Gasteiger partial charge in [-0.05, 0) is 29.8 Å². The second-order valence-electron chi connectivity index (χ2n) is 4.63. The van der Waals surface area contributed by atoms with E-state index in [9.17, 15) is 9.50 Å². The predicted octanol–water partition coefficient (Wildman–Crippen LogP) is 3.62. The Hall–Kier alpha value is -2.07. The molecule has 2 aromatic carbocycles. The van der Waals surface area contributed by atoms with Gasteiger partial charge in [-0.1, -0.05) is 29.8 Å². The molecule has 3 nitrogen and oxygen atoms in total. The Morgan fingerprint density at radius 2 is 2.05 bits per heavy atom. The molecule has 0 bridgehead atoms. The van der Waals surface area contributed by atoms with Gasteiger partial charge >= 0.3 is 0 Å². The van der Waals surface area contributed by atoms with Gasteiger partial charge in [-0.25, -0.2) is 4.39 Å². The number of hydrogen-bond donors (Lipinski definition) is 2. The van der Waals surface area contributed by atoms with Gasteiger partial charge in [0.1, 0.15) is 11.6 Å². The van der Waals surface area contributed by atoms with Gasteiger partial charge in [0.2, 0.25) is 0 Å². The van der Waals surface area contributed by atoms with E-state index in [1.54, 1.807) is 0 Å². The lowest BCUT2D eigenvalue weighted by atomic mass is 9.98. The zero-order valence-electron chi connectivity index (χ0n) is 10.5. The molecular formula is C15H12ClFN2O. The summed E-state index contributed by atoms with van der Waals surface area (Å²) in [6, 6.07) is 11.3. The first-order chi connectivity index (χ1) is 9.65. The van der Waals surface area contributed by atoms with E-state index in [1.807, 2.05) is 24.3 Å². The van der Waals surface area contributed by atoms with E-state index < -0.39 is 5.82 Å². The lowest BCUT2D eigenvalue weighted by Crippen LogP contribution is -2.10. The Labute approximate surface area is 120 Å². The number of aromatic hydroxyl groups is 1. The van der Waals surface area contributed by atoms with Crippen molar-refractivity contribution in [2.45, 2.75) is 12.5 Å². The van der Waals surface area contributed by atoms with Crippen molar-refractivity contribution in [3.05, 3.63) is 64.4 Å². The van der Waals surface area contributed by atoms with Gasteiger partial charge in [-0.3, -0.25) is 0 Å². The fourth-order valence-electron chi connectivity index (χ4n) is 2.29. The van der Waals surface area contributed by atoms with Gasteiger partial charge in [0, 0.05) is 17.0 Å². The van der Waals surface area contributed by atoms with Gasteiger partial charge in [0.15, 0.2) is 0 Å². The lowest BCUT2D eigenvalue weighted by molar-refractivity contribution is 0.471. The summed E-state index contributed by atoms with van der Waals surface area (Å²) in [4.78, 5) is 0. The minimum absolute atomic E-state index is 0.0201. The standard InChI is InChI=1S/C15H12ClFN2O/c16-12-4-2-1-3-10(12)13-8-14(19-18-13)11-7-9(17)5-6-15(11)20/h1-7,13,18,20H,8H2/t13-/m1/s1. The molecular weight excluding hydrogens is 279 g/mol. The van der Waals surface area contributed by atoms with Crippen molar-refractivity contribution in [2.24, 2.45) is 5.10 Å². The summed E-state index contributed by atoms with van der Waals surface area (Å²) < 4.78 is 13.3. The summed E-state index contributed by atoms with van der Waals surface area (Å²) in [5.41, 5.74) is 4.94. The Kier molecular flexibility index (Phi) is 3.32. The smallest absolute Gasteiger partial charge is 0.124 e. The second-order valence-corrected chi connectivity index (χ2v) is 5.03. The third-order valence-corrected chi connectivity index (χ3v) is 3.65. The topological polar surface area (TPSA) is 44.6 Å². The van der Waals surface area contributed by atoms with Gasteiger partial charge in [-0.15, -0.1) is 0 Å². The maximum atomic E-state index is 13.3. The van der Waals surface area contributed by atoms with E-state index >= 15 is 0 Å². The quantitative estimate of drug-likeness (QED) is 0.887. The highest BCUT2D eigenvalue weighted by molar-refractivity contribution is 6.31. The van der Waals surface area contributed by atoms with Crippen LogP contribution >= 0.6 is 11.6 Å². The fraction of sp³-hybridized carbons (Fsp3) is 0.133. The van der Waals surface area contributed by atoms with Crippen LogP contribution in [0.15, 0.2) is 47.6 Å². The highest BCUT2D eigenvalue weighted by atomic mass is 35.5. The molecule has 3 rings (SSSR count). The van der Waals surface area contributed by atoms with Crippen LogP contribution in [0.3, 0.4) is 0 Å². The largest absolute Gasteiger partial charge is 0.507 e. The van der Waals surface area contributed by atoms with Crippen LogP contribution in [0.5, 0.6) is 5.75 Å². The first-order valence-corrected chi connectivity index (χ1v) is 6.58. The molecule has 2 aromatic rings. The van der Waals surface area contributed by atoms with Gasteiger partial charge in [0.25, 0.3) is 0 Å². The van der Waals surface area contributed by atoms with Crippen LogP contribution in [0.1, 0.15) is 23.6 Å². The average Bonchev–Trinajstić information content (AvgIpc) is 2.91. The summed E-state index contributed by atoms with van der Waals surface area (Å²) >= 11 is 6.15. The van der Waals surface area contributed by atoms with E-state index in [1.165, 1.54) is 18.2 Å². The molecule has 102 valence electrons. The molecule has 0 saturated heterocycles. The van der Waals surface area contributed by atoms with E-state index in [2.05, 4.69) is 10.5 Å². The first-order valence-electron chi connectivity index (χ1n) is 6.20. The molecule has 1 heterocycles. The minimum atomic E-state index is -0.401. The molecule has 0 saturated carbocycles. The highest BCUT2D eigenvalue weighted by Gasteiger charge is 2.24. The maximum Gasteiger partial charge on any atom is 0.124 e. The molecule has 0 unspecified atom stereocenters. The Morgan fingerprint density at radius 3 is 2.85 bits per heavy atom. The molecule has 20 heavy (non-hydrogen) atoms. The lowest BCUT2D eigenvalue weighted by Gasteiger charge is -2.11. The summed E-state index contributed by atoms with van der Waals surface area (Å²) in [7, 11) is 0. The van der Waals surface area contributed by atoms with Crippen molar-refractivity contribution in [3.63, 3.8) is 0 Å². The van der Waals surface area contributed by atoms with Crippen LogP contribution < -0.4 is 5.43 Å². The number of nitrogens with zero attached hydrogens (tertiary/aromatic N) is 1. The Bertz CT molecular complexity index is 687. The SMILES string of the molecule is Oc1ccc(F)cc1C1=NN[C@@H](c2ccccc2Cl)C1. The number of phenolic OH excluding ortho intramolecular Hbond substituents is 1. The predicted molar refractivity (Wildman–Crippen MR) is 76.5 cm³/mol. The number of halogens is 2. The third-order valence-electron chi connectivity index (χ3n) is 3.30. The molecule has 1 aliphatic heterocycles. The zero-order valence-corrected chi connectivity index (χ0v) is 11.2. The molecule has 0 spiro atoms.